The lowest BCUT2D eigenvalue weighted by atomic mass is 10.2. The lowest BCUT2D eigenvalue weighted by Crippen LogP contribution is -2.38. The van der Waals surface area contributed by atoms with Gasteiger partial charge < -0.3 is 10.5 Å². The Kier molecular flexibility index (Phi) is 9.35. The van der Waals surface area contributed by atoms with Gasteiger partial charge in [-0.25, -0.2) is 0 Å². The molecule has 0 aromatic carbocycles. The molecule has 0 bridgehead atoms. The standard InChI is InChI=1S/C11H26N2O/c1-4-5-8-13(9-7-12)11(2)6-10-14-3/h11H,4-10,12H2,1-3H3. The summed E-state index contributed by atoms with van der Waals surface area (Å²) in [5.74, 6) is 0. The van der Waals surface area contributed by atoms with E-state index in [1.165, 1.54) is 19.4 Å². The van der Waals surface area contributed by atoms with E-state index < -0.39 is 0 Å². The summed E-state index contributed by atoms with van der Waals surface area (Å²) in [4.78, 5) is 2.46. The number of rotatable bonds is 9. The van der Waals surface area contributed by atoms with Crippen molar-refractivity contribution in [3.05, 3.63) is 0 Å². The number of hydrogen-bond acceptors (Lipinski definition) is 3. The first-order valence-corrected chi connectivity index (χ1v) is 5.69. The fraction of sp³-hybridized carbons (Fsp3) is 1.00. The highest BCUT2D eigenvalue weighted by atomic mass is 16.5. The van der Waals surface area contributed by atoms with Crippen LogP contribution in [0.1, 0.15) is 33.1 Å². The molecular weight excluding hydrogens is 176 g/mol. The van der Waals surface area contributed by atoms with Crippen LogP contribution in [-0.4, -0.2) is 44.3 Å². The SMILES string of the molecule is CCCCN(CCN)C(C)CCOC. The first-order valence-electron chi connectivity index (χ1n) is 5.69. The average molecular weight is 202 g/mol. The van der Waals surface area contributed by atoms with Crippen LogP contribution in [-0.2, 0) is 4.74 Å². The molecule has 1 atom stereocenters. The summed E-state index contributed by atoms with van der Waals surface area (Å²) >= 11 is 0. The van der Waals surface area contributed by atoms with Crippen LogP contribution < -0.4 is 5.73 Å². The van der Waals surface area contributed by atoms with E-state index in [0.29, 0.717) is 6.04 Å². The number of nitrogens with zero attached hydrogens (tertiary/aromatic N) is 1. The number of unbranched alkanes of at least 4 members (excludes halogenated alkanes) is 1. The van der Waals surface area contributed by atoms with Gasteiger partial charge in [0.2, 0.25) is 0 Å². The minimum absolute atomic E-state index is 0.588. The Morgan fingerprint density at radius 2 is 2.07 bits per heavy atom. The van der Waals surface area contributed by atoms with Crippen molar-refractivity contribution in [2.75, 3.05) is 33.4 Å². The molecule has 3 heteroatoms. The van der Waals surface area contributed by atoms with E-state index in [1.54, 1.807) is 7.11 Å². The number of nitrogens with two attached hydrogens (primary N) is 1. The van der Waals surface area contributed by atoms with Crippen LogP contribution in [0.15, 0.2) is 0 Å². The Morgan fingerprint density at radius 1 is 1.36 bits per heavy atom. The molecule has 0 amide bonds. The molecule has 0 saturated heterocycles. The maximum Gasteiger partial charge on any atom is 0.0477 e. The topological polar surface area (TPSA) is 38.5 Å². The van der Waals surface area contributed by atoms with Gasteiger partial charge >= 0.3 is 0 Å². The van der Waals surface area contributed by atoms with Gasteiger partial charge in [0, 0.05) is 32.8 Å². The van der Waals surface area contributed by atoms with E-state index in [9.17, 15) is 0 Å². The molecule has 0 fully saturated rings. The van der Waals surface area contributed by atoms with Crippen molar-refractivity contribution in [3.8, 4) is 0 Å². The minimum Gasteiger partial charge on any atom is -0.385 e. The van der Waals surface area contributed by atoms with Gasteiger partial charge in [0.1, 0.15) is 0 Å². The molecular formula is C11H26N2O. The van der Waals surface area contributed by atoms with Gasteiger partial charge in [0.05, 0.1) is 0 Å². The second kappa shape index (κ2) is 9.44. The molecule has 0 aromatic heterocycles. The predicted molar refractivity (Wildman–Crippen MR) is 61.5 cm³/mol. The van der Waals surface area contributed by atoms with E-state index in [2.05, 4.69) is 18.7 Å². The second-order valence-electron chi connectivity index (χ2n) is 3.81. The van der Waals surface area contributed by atoms with Crippen LogP contribution in [0.5, 0.6) is 0 Å². The van der Waals surface area contributed by atoms with Crippen molar-refractivity contribution in [1.82, 2.24) is 4.90 Å². The molecule has 1 unspecified atom stereocenters. The largest absolute Gasteiger partial charge is 0.385 e. The summed E-state index contributed by atoms with van der Waals surface area (Å²) in [5, 5.41) is 0. The zero-order valence-corrected chi connectivity index (χ0v) is 9.96. The summed E-state index contributed by atoms with van der Waals surface area (Å²) in [6, 6.07) is 0.588. The van der Waals surface area contributed by atoms with Gasteiger partial charge in [-0.1, -0.05) is 13.3 Å². The maximum absolute atomic E-state index is 5.59. The van der Waals surface area contributed by atoms with Crippen LogP contribution in [0, 0.1) is 0 Å². The summed E-state index contributed by atoms with van der Waals surface area (Å²) in [7, 11) is 1.76. The van der Waals surface area contributed by atoms with Gasteiger partial charge in [-0.2, -0.15) is 0 Å². The van der Waals surface area contributed by atoms with E-state index in [1.807, 2.05) is 0 Å². The van der Waals surface area contributed by atoms with Crippen molar-refractivity contribution in [2.45, 2.75) is 39.2 Å². The quantitative estimate of drug-likeness (QED) is 0.615. The second-order valence-corrected chi connectivity index (χ2v) is 3.81. The highest BCUT2D eigenvalue weighted by Crippen LogP contribution is 2.05. The summed E-state index contributed by atoms with van der Waals surface area (Å²) in [5.41, 5.74) is 5.59. The predicted octanol–water partition coefficient (Wildman–Crippen LogP) is 1.47. The Bertz CT molecular complexity index is 120. The van der Waals surface area contributed by atoms with Gasteiger partial charge in [-0.3, -0.25) is 4.90 Å². The monoisotopic (exact) mass is 202 g/mol. The third-order valence-electron chi connectivity index (χ3n) is 2.58. The maximum atomic E-state index is 5.59. The summed E-state index contributed by atoms with van der Waals surface area (Å²) < 4.78 is 5.09. The molecule has 0 aliphatic rings. The van der Waals surface area contributed by atoms with Crippen molar-refractivity contribution in [3.63, 3.8) is 0 Å². The molecule has 86 valence electrons. The van der Waals surface area contributed by atoms with Crippen LogP contribution >= 0.6 is 0 Å². The lowest BCUT2D eigenvalue weighted by molar-refractivity contribution is 0.138. The molecule has 0 rings (SSSR count). The Hall–Kier alpha value is -0.120. The first-order chi connectivity index (χ1) is 6.76. The van der Waals surface area contributed by atoms with E-state index in [0.717, 1.165) is 26.1 Å². The lowest BCUT2D eigenvalue weighted by Gasteiger charge is -2.28. The Labute approximate surface area is 88.6 Å². The molecule has 0 aromatic rings. The highest BCUT2D eigenvalue weighted by molar-refractivity contribution is 4.67. The van der Waals surface area contributed by atoms with E-state index in [4.69, 9.17) is 10.5 Å². The molecule has 0 aliphatic carbocycles. The van der Waals surface area contributed by atoms with Crippen LogP contribution in [0.2, 0.25) is 0 Å². The third kappa shape index (κ3) is 6.35. The van der Waals surface area contributed by atoms with Crippen molar-refractivity contribution in [1.29, 1.82) is 0 Å². The van der Waals surface area contributed by atoms with Crippen LogP contribution in [0.3, 0.4) is 0 Å². The zero-order valence-electron chi connectivity index (χ0n) is 9.96. The van der Waals surface area contributed by atoms with Crippen LogP contribution in [0.25, 0.3) is 0 Å². The molecule has 14 heavy (non-hydrogen) atoms. The number of hydrogen-bond donors (Lipinski definition) is 1. The normalized spacial score (nSPS) is 13.5. The summed E-state index contributed by atoms with van der Waals surface area (Å²) in [6.07, 6.45) is 3.61. The Morgan fingerprint density at radius 3 is 2.57 bits per heavy atom. The smallest absolute Gasteiger partial charge is 0.0477 e. The third-order valence-corrected chi connectivity index (χ3v) is 2.58. The fourth-order valence-electron chi connectivity index (χ4n) is 1.55. The van der Waals surface area contributed by atoms with Crippen molar-refractivity contribution >= 4 is 0 Å². The van der Waals surface area contributed by atoms with Crippen LogP contribution in [0.4, 0.5) is 0 Å². The summed E-state index contributed by atoms with van der Waals surface area (Å²) in [6.45, 7) is 8.24. The van der Waals surface area contributed by atoms with Gasteiger partial charge in [-0.15, -0.1) is 0 Å². The van der Waals surface area contributed by atoms with Gasteiger partial charge in [0.15, 0.2) is 0 Å². The molecule has 3 nitrogen and oxygen atoms in total. The first kappa shape index (κ1) is 13.9. The van der Waals surface area contributed by atoms with E-state index >= 15 is 0 Å². The van der Waals surface area contributed by atoms with Crippen molar-refractivity contribution < 1.29 is 4.74 Å². The number of ether oxygens (including phenoxy) is 1. The average Bonchev–Trinajstić information content (AvgIpc) is 2.20. The molecule has 0 saturated carbocycles. The van der Waals surface area contributed by atoms with E-state index in [-0.39, 0.29) is 0 Å². The molecule has 2 N–H and O–H groups in total. The Balaban J connectivity index is 3.77. The highest BCUT2D eigenvalue weighted by Gasteiger charge is 2.11. The minimum atomic E-state index is 0.588. The number of methoxy groups -OCH3 is 1. The zero-order chi connectivity index (χ0) is 10.8. The molecule has 0 heterocycles. The molecule has 0 aliphatic heterocycles. The van der Waals surface area contributed by atoms with Gasteiger partial charge in [-0.05, 0) is 26.3 Å². The molecule has 0 spiro atoms. The fourth-order valence-corrected chi connectivity index (χ4v) is 1.55. The van der Waals surface area contributed by atoms with Gasteiger partial charge in [0.25, 0.3) is 0 Å². The van der Waals surface area contributed by atoms with Crippen molar-refractivity contribution in [2.24, 2.45) is 5.73 Å². The molecule has 0 radical (unpaired) electrons.